The van der Waals surface area contributed by atoms with E-state index in [1.54, 1.807) is 19.3 Å². The van der Waals surface area contributed by atoms with Crippen molar-refractivity contribution in [3.8, 4) is 0 Å². The van der Waals surface area contributed by atoms with E-state index in [1.165, 1.54) is 0 Å². The maximum Gasteiger partial charge on any atom is 0.269 e. The highest BCUT2D eigenvalue weighted by molar-refractivity contribution is 5.93. The molecule has 0 saturated heterocycles. The first-order valence-corrected chi connectivity index (χ1v) is 5.30. The highest BCUT2D eigenvalue weighted by Crippen LogP contribution is 2.15. The average molecular weight is 227 g/mol. The van der Waals surface area contributed by atoms with Crippen molar-refractivity contribution >= 4 is 17.3 Å². The molecule has 0 spiro atoms. The van der Waals surface area contributed by atoms with E-state index >= 15 is 0 Å². The number of rotatable bonds is 3. The molecule has 2 aromatic rings. The van der Waals surface area contributed by atoms with Crippen LogP contribution in [-0.2, 0) is 0 Å². The van der Waals surface area contributed by atoms with Gasteiger partial charge >= 0.3 is 0 Å². The minimum absolute atomic E-state index is 0.193. The van der Waals surface area contributed by atoms with Gasteiger partial charge in [0.15, 0.2) is 0 Å². The lowest BCUT2D eigenvalue weighted by Gasteiger charge is -2.07. The molecule has 1 amide bonds. The summed E-state index contributed by atoms with van der Waals surface area (Å²) in [7, 11) is 1.58. The van der Waals surface area contributed by atoms with Crippen LogP contribution in [0.25, 0.3) is 0 Å². The summed E-state index contributed by atoms with van der Waals surface area (Å²) < 4.78 is 0. The Balaban J connectivity index is 2.20. The molecule has 0 saturated carbocycles. The fourth-order valence-electron chi connectivity index (χ4n) is 1.45. The van der Waals surface area contributed by atoms with Gasteiger partial charge in [-0.15, -0.1) is 0 Å². The smallest absolute Gasteiger partial charge is 0.269 e. The van der Waals surface area contributed by atoms with Crippen LogP contribution < -0.4 is 10.6 Å². The van der Waals surface area contributed by atoms with Crippen molar-refractivity contribution in [1.82, 2.24) is 10.3 Å². The van der Waals surface area contributed by atoms with Gasteiger partial charge in [-0.3, -0.25) is 9.78 Å². The first-order chi connectivity index (χ1) is 8.29. The van der Waals surface area contributed by atoms with Crippen LogP contribution in [0.4, 0.5) is 11.4 Å². The number of hydrogen-bond donors (Lipinski definition) is 2. The average Bonchev–Trinajstić information content (AvgIpc) is 2.39. The van der Waals surface area contributed by atoms with E-state index in [0.717, 1.165) is 11.4 Å². The van der Waals surface area contributed by atoms with E-state index in [9.17, 15) is 4.79 Å². The zero-order valence-corrected chi connectivity index (χ0v) is 9.47. The Morgan fingerprint density at radius 3 is 2.59 bits per heavy atom. The predicted octanol–water partition coefficient (Wildman–Crippen LogP) is 2.18. The zero-order chi connectivity index (χ0) is 12.1. The monoisotopic (exact) mass is 227 g/mol. The second-order valence-corrected chi connectivity index (χ2v) is 3.50. The summed E-state index contributed by atoms with van der Waals surface area (Å²) in [6.07, 6.45) is 1.61. The lowest BCUT2D eigenvalue weighted by Crippen LogP contribution is -2.19. The Labute approximate surface area is 99.7 Å². The molecule has 1 aromatic carbocycles. The molecular formula is C13H13N3O. The van der Waals surface area contributed by atoms with Crippen molar-refractivity contribution in [3.63, 3.8) is 0 Å². The highest BCUT2D eigenvalue weighted by atomic mass is 16.1. The summed E-state index contributed by atoms with van der Waals surface area (Å²) in [4.78, 5) is 15.4. The first kappa shape index (κ1) is 11.1. The van der Waals surface area contributed by atoms with Crippen molar-refractivity contribution < 1.29 is 4.79 Å². The second kappa shape index (κ2) is 5.12. The molecule has 0 fully saturated rings. The van der Waals surface area contributed by atoms with Crippen molar-refractivity contribution in [2.45, 2.75) is 0 Å². The van der Waals surface area contributed by atoms with Crippen molar-refractivity contribution in [1.29, 1.82) is 0 Å². The topological polar surface area (TPSA) is 54.0 Å². The molecule has 86 valence electrons. The SMILES string of the molecule is CNC(=O)c1cc(Nc2ccccc2)ccn1. The fraction of sp³-hybridized carbons (Fsp3) is 0.0769. The van der Waals surface area contributed by atoms with Gasteiger partial charge in [-0.05, 0) is 24.3 Å². The van der Waals surface area contributed by atoms with E-state index < -0.39 is 0 Å². The summed E-state index contributed by atoms with van der Waals surface area (Å²) in [6, 6.07) is 13.3. The Bertz CT molecular complexity index is 511. The third-order valence-electron chi connectivity index (χ3n) is 2.28. The number of carbonyl (C=O) groups excluding carboxylic acids is 1. The van der Waals surface area contributed by atoms with Crippen molar-refractivity contribution in [2.75, 3.05) is 12.4 Å². The Hall–Kier alpha value is -2.36. The van der Waals surface area contributed by atoms with Gasteiger partial charge in [-0.1, -0.05) is 18.2 Å². The lowest BCUT2D eigenvalue weighted by molar-refractivity contribution is 0.0958. The largest absolute Gasteiger partial charge is 0.355 e. The third kappa shape index (κ3) is 2.81. The molecule has 2 N–H and O–H groups in total. The molecule has 0 atom stereocenters. The van der Waals surface area contributed by atoms with Gasteiger partial charge in [0.2, 0.25) is 0 Å². The van der Waals surface area contributed by atoms with Crippen LogP contribution in [0.1, 0.15) is 10.5 Å². The van der Waals surface area contributed by atoms with Crippen molar-refractivity contribution in [3.05, 3.63) is 54.4 Å². The molecule has 4 nitrogen and oxygen atoms in total. The molecule has 17 heavy (non-hydrogen) atoms. The summed E-state index contributed by atoms with van der Waals surface area (Å²) in [5.74, 6) is -0.193. The van der Waals surface area contributed by atoms with Gasteiger partial charge in [0, 0.05) is 24.6 Å². The second-order valence-electron chi connectivity index (χ2n) is 3.50. The zero-order valence-electron chi connectivity index (χ0n) is 9.47. The van der Waals surface area contributed by atoms with E-state index in [1.807, 2.05) is 36.4 Å². The van der Waals surface area contributed by atoms with Crippen LogP contribution in [0, 0.1) is 0 Å². The normalized spacial score (nSPS) is 9.71. The number of benzene rings is 1. The predicted molar refractivity (Wildman–Crippen MR) is 67.4 cm³/mol. The van der Waals surface area contributed by atoms with Crippen LogP contribution in [0.15, 0.2) is 48.7 Å². The molecule has 0 aliphatic heterocycles. The highest BCUT2D eigenvalue weighted by Gasteiger charge is 2.05. The minimum Gasteiger partial charge on any atom is -0.355 e. The van der Waals surface area contributed by atoms with Gasteiger partial charge in [0.1, 0.15) is 5.69 Å². The number of hydrogen-bond acceptors (Lipinski definition) is 3. The molecule has 0 bridgehead atoms. The van der Waals surface area contributed by atoms with Gasteiger partial charge in [0.25, 0.3) is 5.91 Å². The molecule has 1 aromatic heterocycles. The number of amides is 1. The van der Waals surface area contributed by atoms with E-state index in [4.69, 9.17) is 0 Å². The van der Waals surface area contributed by atoms with Gasteiger partial charge in [0.05, 0.1) is 0 Å². The lowest BCUT2D eigenvalue weighted by atomic mass is 10.2. The molecule has 2 rings (SSSR count). The number of para-hydroxylation sites is 1. The molecule has 4 heteroatoms. The van der Waals surface area contributed by atoms with Crippen LogP contribution >= 0.6 is 0 Å². The Kier molecular flexibility index (Phi) is 3.35. The minimum atomic E-state index is -0.193. The molecular weight excluding hydrogens is 214 g/mol. The summed E-state index contributed by atoms with van der Waals surface area (Å²) >= 11 is 0. The maximum absolute atomic E-state index is 11.4. The molecule has 1 heterocycles. The molecule has 0 radical (unpaired) electrons. The number of pyridine rings is 1. The van der Waals surface area contributed by atoms with E-state index in [2.05, 4.69) is 15.6 Å². The quantitative estimate of drug-likeness (QED) is 0.845. The standard InChI is InChI=1S/C13H13N3O/c1-14-13(17)12-9-11(7-8-15-12)16-10-5-3-2-4-6-10/h2-9H,1H3,(H,14,17)(H,15,16). The van der Waals surface area contributed by atoms with Crippen LogP contribution in [0.3, 0.4) is 0 Å². The summed E-state index contributed by atoms with van der Waals surface area (Å²) in [5.41, 5.74) is 2.21. The van der Waals surface area contributed by atoms with E-state index in [-0.39, 0.29) is 5.91 Å². The van der Waals surface area contributed by atoms with Gasteiger partial charge in [-0.25, -0.2) is 0 Å². The summed E-state index contributed by atoms with van der Waals surface area (Å²) in [5, 5.41) is 5.75. The van der Waals surface area contributed by atoms with Crippen molar-refractivity contribution in [2.24, 2.45) is 0 Å². The van der Waals surface area contributed by atoms with Crippen LogP contribution in [0.5, 0.6) is 0 Å². The molecule has 0 unspecified atom stereocenters. The maximum atomic E-state index is 11.4. The Morgan fingerprint density at radius 2 is 1.88 bits per heavy atom. The number of nitrogens with zero attached hydrogens (tertiary/aromatic N) is 1. The number of carbonyl (C=O) groups is 1. The number of aromatic nitrogens is 1. The van der Waals surface area contributed by atoms with Gasteiger partial charge in [-0.2, -0.15) is 0 Å². The van der Waals surface area contributed by atoms with E-state index in [0.29, 0.717) is 5.69 Å². The van der Waals surface area contributed by atoms with Gasteiger partial charge < -0.3 is 10.6 Å². The number of anilines is 2. The fourth-order valence-corrected chi connectivity index (χ4v) is 1.45. The summed E-state index contributed by atoms with van der Waals surface area (Å²) in [6.45, 7) is 0. The van der Waals surface area contributed by atoms with Crippen LogP contribution in [-0.4, -0.2) is 17.9 Å². The Morgan fingerprint density at radius 1 is 1.12 bits per heavy atom. The van der Waals surface area contributed by atoms with Crippen LogP contribution in [0.2, 0.25) is 0 Å². The first-order valence-electron chi connectivity index (χ1n) is 5.30. The molecule has 0 aliphatic rings. The molecule has 0 aliphatic carbocycles. The number of nitrogens with one attached hydrogen (secondary N) is 2. The third-order valence-corrected chi connectivity index (χ3v) is 2.28.